The number of H-pyrrole nitrogens is 1. The fourth-order valence-corrected chi connectivity index (χ4v) is 2.68. The third-order valence-electron chi connectivity index (χ3n) is 3.79. The molecular formula is C13H23N5O. The number of piperazine rings is 1. The van der Waals surface area contributed by atoms with Gasteiger partial charge in [-0.1, -0.05) is 6.92 Å². The summed E-state index contributed by atoms with van der Waals surface area (Å²) in [6.45, 7) is 6.80. The van der Waals surface area contributed by atoms with Crippen LogP contribution in [0.25, 0.3) is 0 Å². The number of aromatic nitrogens is 2. The Bertz CT molecular complexity index is 439. The minimum atomic E-state index is -0.0954. The lowest BCUT2D eigenvalue weighted by Gasteiger charge is -2.39. The molecular weight excluding hydrogens is 242 g/mol. The Hall–Kier alpha value is -1.40. The first-order valence-corrected chi connectivity index (χ1v) is 6.98. The van der Waals surface area contributed by atoms with Gasteiger partial charge in [-0.05, 0) is 19.4 Å². The van der Waals surface area contributed by atoms with E-state index in [0.717, 1.165) is 51.4 Å². The lowest BCUT2D eigenvalue weighted by Crippen LogP contribution is -2.51. The first-order valence-electron chi connectivity index (χ1n) is 6.98. The van der Waals surface area contributed by atoms with Crippen LogP contribution in [-0.4, -0.2) is 53.6 Å². The molecule has 1 unspecified atom stereocenters. The zero-order valence-corrected chi connectivity index (χ0v) is 11.5. The minimum absolute atomic E-state index is 0.0954. The summed E-state index contributed by atoms with van der Waals surface area (Å²) in [5.41, 5.74) is 5.57. The van der Waals surface area contributed by atoms with Crippen molar-refractivity contribution in [1.82, 2.24) is 14.9 Å². The van der Waals surface area contributed by atoms with Crippen molar-refractivity contribution in [3.05, 3.63) is 22.7 Å². The number of rotatable bonds is 5. The van der Waals surface area contributed by atoms with E-state index in [1.54, 1.807) is 6.07 Å². The van der Waals surface area contributed by atoms with Gasteiger partial charge in [0.25, 0.3) is 5.56 Å². The van der Waals surface area contributed by atoms with E-state index in [1.165, 1.54) is 6.33 Å². The molecule has 19 heavy (non-hydrogen) atoms. The van der Waals surface area contributed by atoms with E-state index in [0.29, 0.717) is 6.04 Å². The number of aromatic amines is 1. The summed E-state index contributed by atoms with van der Waals surface area (Å²) >= 11 is 0. The molecule has 1 aromatic heterocycles. The molecule has 6 heteroatoms. The zero-order chi connectivity index (χ0) is 13.7. The standard InChI is InChI=1S/C13H23N5O/c1-2-11(3-4-14)17-5-7-18(8-6-17)12-9-13(19)16-10-15-12/h9-11H,2-8,14H2,1H3,(H,15,16,19). The number of nitrogens with two attached hydrogens (primary N) is 1. The molecule has 0 saturated carbocycles. The highest BCUT2D eigenvalue weighted by molar-refractivity contribution is 5.37. The quantitative estimate of drug-likeness (QED) is 0.784. The SMILES string of the molecule is CCC(CCN)N1CCN(c2cc(=O)[nH]cn2)CC1. The molecule has 6 nitrogen and oxygen atoms in total. The average molecular weight is 265 g/mol. The minimum Gasteiger partial charge on any atom is -0.354 e. The molecule has 0 aliphatic carbocycles. The van der Waals surface area contributed by atoms with Crippen LogP contribution in [0.1, 0.15) is 19.8 Å². The summed E-state index contributed by atoms with van der Waals surface area (Å²) in [7, 11) is 0. The zero-order valence-electron chi connectivity index (χ0n) is 11.5. The largest absolute Gasteiger partial charge is 0.354 e. The van der Waals surface area contributed by atoms with Crippen molar-refractivity contribution in [2.24, 2.45) is 5.73 Å². The number of nitrogens with one attached hydrogen (secondary N) is 1. The maximum atomic E-state index is 11.3. The van der Waals surface area contributed by atoms with Crippen molar-refractivity contribution in [2.45, 2.75) is 25.8 Å². The fourth-order valence-electron chi connectivity index (χ4n) is 2.68. The molecule has 0 aromatic carbocycles. The van der Waals surface area contributed by atoms with Crippen LogP contribution in [0.15, 0.2) is 17.2 Å². The highest BCUT2D eigenvalue weighted by Gasteiger charge is 2.22. The van der Waals surface area contributed by atoms with Crippen LogP contribution in [-0.2, 0) is 0 Å². The molecule has 2 rings (SSSR count). The molecule has 3 N–H and O–H groups in total. The number of anilines is 1. The normalized spacial score (nSPS) is 18.5. The predicted octanol–water partition coefficient (Wildman–Crippen LogP) is 0.0193. The van der Waals surface area contributed by atoms with Crippen molar-refractivity contribution in [3.8, 4) is 0 Å². The van der Waals surface area contributed by atoms with Crippen molar-refractivity contribution in [1.29, 1.82) is 0 Å². The smallest absolute Gasteiger partial charge is 0.252 e. The first-order chi connectivity index (χ1) is 9.24. The van der Waals surface area contributed by atoms with E-state index in [1.807, 2.05) is 0 Å². The van der Waals surface area contributed by atoms with Crippen LogP contribution >= 0.6 is 0 Å². The van der Waals surface area contributed by atoms with Crippen molar-refractivity contribution in [2.75, 3.05) is 37.6 Å². The molecule has 1 atom stereocenters. The van der Waals surface area contributed by atoms with Crippen molar-refractivity contribution in [3.63, 3.8) is 0 Å². The monoisotopic (exact) mass is 265 g/mol. The summed E-state index contributed by atoms with van der Waals surface area (Å²) in [4.78, 5) is 22.7. The maximum Gasteiger partial charge on any atom is 0.252 e. The van der Waals surface area contributed by atoms with E-state index < -0.39 is 0 Å². The topological polar surface area (TPSA) is 78.2 Å². The third-order valence-corrected chi connectivity index (χ3v) is 3.79. The molecule has 1 aliphatic heterocycles. The van der Waals surface area contributed by atoms with Crippen LogP contribution < -0.4 is 16.2 Å². The van der Waals surface area contributed by atoms with Crippen molar-refractivity contribution < 1.29 is 0 Å². The Balaban J connectivity index is 1.93. The molecule has 1 fully saturated rings. The second-order valence-corrected chi connectivity index (χ2v) is 4.93. The van der Waals surface area contributed by atoms with E-state index in [4.69, 9.17) is 5.73 Å². The summed E-state index contributed by atoms with van der Waals surface area (Å²) in [6.07, 6.45) is 3.66. The summed E-state index contributed by atoms with van der Waals surface area (Å²) in [5, 5.41) is 0. The molecule has 1 aromatic rings. The second kappa shape index (κ2) is 6.68. The lowest BCUT2D eigenvalue weighted by atomic mass is 10.1. The summed E-state index contributed by atoms with van der Waals surface area (Å²) in [5.74, 6) is 0.773. The van der Waals surface area contributed by atoms with Crippen LogP contribution in [0.5, 0.6) is 0 Å². The molecule has 0 bridgehead atoms. The Kier molecular flexibility index (Phi) is 4.93. The third kappa shape index (κ3) is 3.54. The number of hydrogen-bond donors (Lipinski definition) is 2. The van der Waals surface area contributed by atoms with E-state index >= 15 is 0 Å². The molecule has 2 heterocycles. The van der Waals surface area contributed by atoms with E-state index in [9.17, 15) is 4.79 Å². The highest BCUT2D eigenvalue weighted by Crippen LogP contribution is 2.15. The Morgan fingerprint density at radius 3 is 2.74 bits per heavy atom. The molecule has 106 valence electrons. The van der Waals surface area contributed by atoms with Gasteiger partial charge in [0, 0.05) is 38.3 Å². The van der Waals surface area contributed by atoms with Gasteiger partial charge in [0.1, 0.15) is 5.82 Å². The van der Waals surface area contributed by atoms with Crippen LogP contribution in [0.3, 0.4) is 0 Å². The summed E-state index contributed by atoms with van der Waals surface area (Å²) in [6, 6.07) is 2.15. The van der Waals surface area contributed by atoms with Gasteiger partial charge in [-0.2, -0.15) is 0 Å². The van der Waals surface area contributed by atoms with E-state index in [2.05, 4.69) is 26.7 Å². The maximum absolute atomic E-state index is 11.3. The number of hydrogen-bond acceptors (Lipinski definition) is 5. The predicted molar refractivity (Wildman–Crippen MR) is 76.4 cm³/mol. The summed E-state index contributed by atoms with van der Waals surface area (Å²) < 4.78 is 0. The van der Waals surface area contributed by atoms with Crippen LogP contribution in [0, 0.1) is 0 Å². The van der Waals surface area contributed by atoms with Gasteiger partial charge in [0.2, 0.25) is 0 Å². The van der Waals surface area contributed by atoms with Gasteiger partial charge in [-0.15, -0.1) is 0 Å². The fraction of sp³-hybridized carbons (Fsp3) is 0.692. The van der Waals surface area contributed by atoms with Crippen molar-refractivity contribution >= 4 is 5.82 Å². The first kappa shape index (κ1) is 14.0. The number of nitrogens with zero attached hydrogens (tertiary/aromatic N) is 3. The highest BCUT2D eigenvalue weighted by atomic mass is 16.1. The second-order valence-electron chi connectivity index (χ2n) is 4.93. The van der Waals surface area contributed by atoms with Gasteiger partial charge < -0.3 is 15.6 Å². The molecule has 1 aliphatic rings. The van der Waals surface area contributed by atoms with Gasteiger partial charge in [0.15, 0.2) is 0 Å². The van der Waals surface area contributed by atoms with Crippen LogP contribution in [0.4, 0.5) is 5.82 Å². The van der Waals surface area contributed by atoms with Gasteiger partial charge in [-0.25, -0.2) is 4.98 Å². The van der Waals surface area contributed by atoms with Gasteiger partial charge >= 0.3 is 0 Å². The van der Waals surface area contributed by atoms with Gasteiger partial charge in [0.05, 0.1) is 6.33 Å². The molecule has 0 spiro atoms. The van der Waals surface area contributed by atoms with Crippen LogP contribution in [0.2, 0.25) is 0 Å². The van der Waals surface area contributed by atoms with E-state index in [-0.39, 0.29) is 5.56 Å². The Labute approximate surface area is 113 Å². The lowest BCUT2D eigenvalue weighted by molar-refractivity contribution is 0.173. The van der Waals surface area contributed by atoms with Gasteiger partial charge in [-0.3, -0.25) is 9.69 Å². The molecule has 0 amide bonds. The Morgan fingerprint density at radius 1 is 1.42 bits per heavy atom. The molecule has 0 radical (unpaired) electrons. The average Bonchev–Trinajstić information content (AvgIpc) is 2.45. The Morgan fingerprint density at radius 2 is 2.16 bits per heavy atom. The molecule has 1 saturated heterocycles.